The van der Waals surface area contributed by atoms with Crippen LogP contribution in [0.15, 0.2) is 172 Å². The first-order chi connectivity index (χ1) is 54.7. The molecule has 0 aromatic heterocycles. The number of benzene rings is 8. The van der Waals surface area contributed by atoms with Crippen LogP contribution in [0.4, 0.5) is 0 Å². The predicted molar refractivity (Wildman–Crippen MR) is 485 cm³/mol. The summed E-state index contributed by atoms with van der Waals surface area (Å²) >= 11 is 0. The number of nitrogens with zero attached hydrogens (tertiary/aromatic N) is 8. The van der Waals surface area contributed by atoms with E-state index in [1.165, 1.54) is 170 Å². The maximum Gasteiger partial charge on any atom is 0.188 e. The van der Waals surface area contributed by atoms with Crippen molar-refractivity contribution in [1.82, 2.24) is 20.0 Å². The van der Waals surface area contributed by atoms with Gasteiger partial charge in [0.15, 0.2) is 27.2 Å². The maximum absolute atomic E-state index is 6.11. The molecule has 12 rings (SSSR count). The van der Waals surface area contributed by atoms with E-state index in [0.717, 1.165) is 86.5 Å². The summed E-state index contributed by atoms with van der Waals surface area (Å²) in [6.45, 7) is 33.6. The molecule has 0 aliphatic carbocycles. The molecule has 4 fully saturated rings. The Hall–Kier alpha value is -7.60. The summed E-state index contributed by atoms with van der Waals surface area (Å²) in [5, 5.41) is 37.7. The molecule has 8 aromatic rings. The normalized spacial score (nSPS) is 15.3. The Kier molecular flexibility index (Phi) is 37.0. The molecule has 4 atom stereocenters. The molecule has 113 heavy (non-hydrogen) atoms. The minimum atomic E-state index is -0.0104. The van der Waals surface area contributed by atoms with Crippen LogP contribution in [-0.2, 0) is 29.8 Å². The SMILES string of the molecule is COCOc1c(C)cc(C(C)(C)C)cc1Pc1ccccc1/C=N/N1CCCCC1.COCOc1c(C)cc(C)cc1Pc1ccccc1/C=N/N1CCCCC1.COCOc1c(Pc2ccccc2/C=N/N2CCCCC2)cc(C)cc1C(C)(C)C.COCOc1ccc(C)cc1Pc1ccccc1/C=N/N1CCCCC1. The van der Waals surface area contributed by atoms with Crippen LogP contribution in [0.25, 0.3) is 0 Å². The van der Waals surface area contributed by atoms with Gasteiger partial charge in [0.2, 0.25) is 0 Å². The summed E-state index contributed by atoms with van der Waals surface area (Å²) in [4.78, 5) is 0. The van der Waals surface area contributed by atoms with Crippen LogP contribution < -0.4 is 61.4 Å². The highest BCUT2D eigenvalue weighted by Crippen LogP contribution is 2.36. The Morgan fingerprint density at radius 3 is 0.982 bits per heavy atom. The highest BCUT2D eigenvalue weighted by Gasteiger charge is 2.25. The fourth-order valence-electron chi connectivity index (χ4n) is 13.7. The third kappa shape index (κ3) is 29.3. The lowest BCUT2D eigenvalue weighted by molar-refractivity contribution is 0.0505. The first-order valence-electron chi connectivity index (χ1n) is 40.3. The van der Waals surface area contributed by atoms with Crippen LogP contribution in [0, 0.1) is 34.6 Å². The monoisotopic (exact) mass is 1610 g/mol. The van der Waals surface area contributed by atoms with Gasteiger partial charge in [-0.1, -0.05) is 203 Å². The minimum absolute atomic E-state index is 0.0104. The molecule has 8 aromatic carbocycles. The average Bonchev–Trinajstić information content (AvgIpc) is 0.795. The van der Waals surface area contributed by atoms with Crippen LogP contribution in [0.3, 0.4) is 0 Å². The molecule has 4 heterocycles. The zero-order valence-corrected chi connectivity index (χ0v) is 74.1. The van der Waals surface area contributed by atoms with Crippen molar-refractivity contribution in [1.29, 1.82) is 0 Å². The van der Waals surface area contributed by atoms with E-state index in [2.05, 4.69) is 242 Å². The first kappa shape index (κ1) is 89.3. The van der Waals surface area contributed by atoms with Gasteiger partial charge in [0.1, 0.15) is 23.0 Å². The van der Waals surface area contributed by atoms with Crippen molar-refractivity contribution < 1.29 is 37.9 Å². The third-order valence-corrected chi connectivity index (χ3v) is 25.2. The zero-order chi connectivity index (χ0) is 80.4. The molecule has 0 amide bonds. The zero-order valence-electron chi connectivity index (χ0n) is 70.1. The highest BCUT2D eigenvalue weighted by atomic mass is 31.1. The van der Waals surface area contributed by atoms with Gasteiger partial charge < -0.3 is 37.9 Å². The summed E-state index contributed by atoms with van der Waals surface area (Å²) < 4.78 is 44.3. The minimum Gasteiger partial charge on any atom is -0.467 e. The Bertz CT molecular complexity index is 4290. The van der Waals surface area contributed by atoms with Gasteiger partial charge in [0.25, 0.3) is 0 Å². The Balaban J connectivity index is 0.000000173. The lowest BCUT2D eigenvalue weighted by atomic mass is 9.85. The number of methoxy groups -OCH3 is 4. The van der Waals surface area contributed by atoms with E-state index < -0.39 is 0 Å². The van der Waals surface area contributed by atoms with Crippen molar-refractivity contribution in [3.05, 3.63) is 213 Å². The molecule has 4 saturated heterocycles. The first-order valence-corrected chi connectivity index (χ1v) is 44.3. The van der Waals surface area contributed by atoms with Crippen molar-refractivity contribution in [2.75, 3.05) is 108 Å². The van der Waals surface area contributed by atoms with E-state index in [0.29, 0.717) is 34.3 Å². The van der Waals surface area contributed by atoms with Gasteiger partial charge >= 0.3 is 0 Å². The molecular weight excluding hydrogens is 1480 g/mol. The second-order valence-corrected chi connectivity index (χ2v) is 36.7. The Morgan fingerprint density at radius 1 is 0.310 bits per heavy atom. The second kappa shape index (κ2) is 46.8. The molecule has 4 aliphatic heterocycles. The van der Waals surface area contributed by atoms with Gasteiger partial charge in [-0.3, -0.25) is 20.0 Å². The fraction of sp³-hybridized carbons (Fsp3) is 0.441. The summed E-state index contributed by atoms with van der Waals surface area (Å²) in [7, 11) is 8.61. The quantitative estimate of drug-likeness (QED) is 0.0262. The molecule has 0 saturated carbocycles. The van der Waals surface area contributed by atoms with Crippen LogP contribution in [0.5, 0.6) is 23.0 Å². The van der Waals surface area contributed by atoms with Crippen molar-refractivity contribution in [3.63, 3.8) is 0 Å². The molecule has 4 unspecified atom stereocenters. The van der Waals surface area contributed by atoms with E-state index in [9.17, 15) is 0 Å². The van der Waals surface area contributed by atoms with Crippen molar-refractivity contribution in [2.24, 2.45) is 20.4 Å². The Morgan fingerprint density at radius 2 is 0.619 bits per heavy atom. The van der Waals surface area contributed by atoms with Gasteiger partial charge in [-0.15, -0.1) is 0 Å². The molecule has 4 aliphatic rings. The summed E-state index contributed by atoms with van der Waals surface area (Å²) in [6.07, 6.45) is 23.3. The van der Waals surface area contributed by atoms with E-state index in [-0.39, 0.29) is 38.0 Å². The summed E-state index contributed by atoms with van der Waals surface area (Å²) in [6, 6.07) is 53.8. The van der Waals surface area contributed by atoms with Crippen LogP contribution in [-0.4, -0.2) is 153 Å². The number of piperidine rings is 4. The van der Waals surface area contributed by atoms with Crippen molar-refractivity contribution in [2.45, 2.75) is 164 Å². The number of hydrogen-bond donors (Lipinski definition) is 0. The summed E-state index contributed by atoms with van der Waals surface area (Å²) in [5.41, 5.74) is 13.4. The number of hydrogen-bond acceptors (Lipinski definition) is 16. The molecule has 0 spiro atoms. The number of hydrazone groups is 4. The van der Waals surface area contributed by atoms with Gasteiger partial charge in [-0.2, -0.15) is 20.4 Å². The molecule has 0 N–H and O–H groups in total. The second-order valence-electron chi connectivity index (χ2n) is 31.4. The predicted octanol–water partition coefficient (Wildman–Crippen LogP) is 16.6. The Labute approximate surface area is 683 Å². The standard InChI is InChI=1S/2C25H35N2O2P.C22H29N2O2P.C21H27N2O2P/c1-19-15-21(25(2,3)4)16-23(24(19)29-18-28-5)30-22-12-8-7-11-20(22)17-26-27-13-9-6-10-14-27;1-19-15-21(25(2,3)4)24(29-18-28-5)23(16-19)30-22-12-8-7-11-20(22)17-26-27-13-9-6-10-14-27;1-17-13-18(2)22(26-16-25-3)21(14-17)27-20-10-6-5-9-19(20)15-23-24-11-7-4-8-12-24;1-17-10-11-19(25-16-24-2)21(14-17)26-20-9-5-4-8-18(20)15-22-23-12-6-3-7-13-23/h2*7-8,11-12,15-17,30H,6,9-10,13-14,18H2,1-5H3;5-6,9-10,13-15,27H,4,7-8,11-12,16H2,1-3H3;4-5,8-11,14-15,26H,3,6-7,12-13,16H2,1-2H3/b2*26-17+;23-15+;22-15+. The van der Waals surface area contributed by atoms with E-state index >= 15 is 0 Å². The lowest BCUT2D eigenvalue weighted by Gasteiger charge is -2.26. The molecule has 16 nitrogen and oxygen atoms in total. The van der Waals surface area contributed by atoms with E-state index in [4.69, 9.17) is 58.3 Å². The maximum atomic E-state index is 6.11. The van der Waals surface area contributed by atoms with Crippen molar-refractivity contribution in [3.8, 4) is 23.0 Å². The van der Waals surface area contributed by atoms with Gasteiger partial charge in [0, 0.05) is 130 Å². The lowest BCUT2D eigenvalue weighted by Crippen LogP contribution is -2.25. The van der Waals surface area contributed by atoms with E-state index in [1.807, 2.05) is 30.9 Å². The fourth-order valence-corrected chi connectivity index (χ4v) is 19.2. The number of aryl methyl sites for hydroxylation is 5. The summed E-state index contributed by atoms with van der Waals surface area (Å²) in [5.74, 6) is 3.71. The van der Waals surface area contributed by atoms with Gasteiger partial charge in [-0.05, 0) is 202 Å². The highest BCUT2D eigenvalue weighted by molar-refractivity contribution is 7.57. The molecular formula is C93H126N8O8P4. The van der Waals surface area contributed by atoms with Crippen LogP contribution in [0.1, 0.15) is 180 Å². The van der Waals surface area contributed by atoms with Gasteiger partial charge in [-0.25, -0.2) is 0 Å². The van der Waals surface area contributed by atoms with Gasteiger partial charge in [0.05, 0.1) is 24.9 Å². The number of ether oxygens (including phenoxy) is 8. The average molecular weight is 1610 g/mol. The van der Waals surface area contributed by atoms with E-state index in [1.54, 1.807) is 28.4 Å². The largest absolute Gasteiger partial charge is 0.467 e. The van der Waals surface area contributed by atoms with Crippen LogP contribution in [0.2, 0.25) is 0 Å². The molecule has 0 radical (unpaired) electrons. The topological polar surface area (TPSA) is 136 Å². The van der Waals surface area contributed by atoms with Crippen LogP contribution >= 0.6 is 34.3 Å². The van der Waals surface area contributed by atoms with Crippen molar-refractivity contribution >= 4 is 102 Å². The smallest absolute Gasteiger partial charge is 0.188 e. The molecule has 606 valence electrons. The third-order valence-electron chi connectivity index (χ3n) is 19.7. The number of rotatable bonds is 28. The molecule has 20 heteroatoms. The molecule has 0 bridgehead atoms.